The second-order valence-electron chi connectivity index (χ2n) is 3.75. The van der Waals surface area contributed by atoms with E-state index < -0.39 is 18.0 Å². The van der Waals surface area contributed by atoms with Gasteiger partial charge in [-0.25, -0.2) is 4.79 Å². The molecule has 0 bridgehead atoms. The van der Waals surface area contributed by atoms with Gasteiger partial charge in [0.2, 0.25) is 0 Å². The van der Waals surface area contributed by atoms with Gasteiger partial charge in [0.25, 0.3) is 5.91 Å². The van der Waals surface area contributed by atoms with E-state index in [-0.39, 0.29) is 0 Å². The number of nitrogens with one attached hydrogen (secondary N) is 2. The maximum absolute atomic E-state index is 11.4. The maximum Gasteiger partial charge on any atom is 0.322 e. The summed E-state index contributed by atoms with van der Waals surface area (Å²) in [7, 11) is 0. The third-order valence-corrected chi connectivity index (χ3v) is 2.56. The second-order valence-corrected chi connectivity index (χ2v) is 3.75. The summed E-state index contributed by atoms with van der Waals surface area (Å²) in [6.45, 7) is 0. The van der Waals surface area contributed by atoms with Crippen LogP contribution in [0.1, 0.15) is 11.8 Å². The van der Waals surface area contributed by atoms with Crippen LogP contribution in [-0.2, 0) is 4.79 Å². The summed E-state index contributed by atoms with van der Waals surface area (Å²) in [6, 6.07) is 3.81. The lowest BCUT2D eigenvalue weighted by molar-refractivity contribution is -0.120. The SMILES string of the molecule is O=C1NC(=O)C(c2cc(-c3ccncc3)no2)N1. The topological polar surface area (TPSA) is 97.1 Å². The standard InChI is InChI=1S/C11H8N4O3/c16-10-9(13-11(17)14-10)8-5-7(15-18-8)6-1-3-12-4-2-6/h1-5,9H,(H2,13,14,16,17). The Balaban J connectivity index is 1.91. The number of carbonyl (C=O) groups excluding carboxylic acids is 2. The fourth-order valence-corrected chi connectivity index (χ4v) is 1.70. The van der Waals surface area contributed by atoms with Crippen LogP contribution in [-0.4, -0.2) is 22.1 Å². The number of nitrogens with zero attached hydrogens (tertiary/aromatic N) is 2. The van der Waals surface area contributed by atoms with Gasteiger partial charge in [0.15, 0.2) is 11.8 Å². The zero-order chi connectivity index (χ0) is 12.5. The van der Waals surface area contributed by atoms with Gasteiger partial charge in [-0.1, -0.05) is 5.16 Å². The molecule has 0 aromatic carbocycles. The molecular weight excluding hydrogens is 236 g/mol. The number of rotatable bonds is 2. The van der Waals surface area contributed by atoms with Crippen molar-refractivity contribution in [3.63, 3.8) is 0 Å². The van der Waals surface area contributed by atoms with Crippen LogP contribution in [0.5, 0.6) is 0 Å². The number of hydrogen-bond donors (Lipinski definition) is 2. The number of aromatic nitrogens is 2. The van der Waals surface area contributed by atoms with Crippen molar-refractivity contribution in [3.05, 3.63) is 36.4 Å². The van der Waals surface area contributed by atoms with Crippen molar-refractivity contribution in [1.29, 1.82) is 0 Å². The van der Waals surface area contributed by atoms with E-state index in [1.165, 1.54) is 0 Å². The highest BCUT2D eigenvalue weighted by Gasteiger charge is 2.34. The van der Waals surface area contributed by atoms with Gasteiger partial charge in [-0.05, 0) is 12.1 Å². The van der Waals surface area contributed by atoms with Crippen LogP contribution < -0.4 is 10.6 Å². The van der Waals surface area contributed by atoms with Gasteiger partial charge in [-0.15, -0.1) is 0 Å². The highest BCUT2D eigenvalue weighted by molar-refractivity contribution is 6.04. The molecule has 1 saturated heterocycles. The molecule has 3 amide bonds. The maximum atomic E-state index is 11.4. The molecule has 1 unspecified atom stereocenters. The largest absolute Gasteiger partial charge is 0.358 e. The summed E-state index contributed by atoms with van der Waals surface area (Å²) in [5.74, 6) is -0.150. The first-order chi connectivity index (χ1) is 8.74. The molecule has 0 spiro atoms. The van der Waals surface area contributed by atoms with Crippen molar-refractivity contribution in [2.45, 2.75) is 6.04 Å². The second kappa shape index (κ2) is 3.95. The predicted molar refractivity (Wildman–Crippen MR) is 59.1 cm³/mol. The molecule has 7 heteroatoms. The molecule has 2 aromatic rings. The number of hydrogen-bond acceptors (Lipinski definition) is 5. The number of amides is 3. The van der Waals surface area contributed by atoms with Crippen LogP contribution in [0, 0.1) is 0 Å². The van der Waals surface area contributed by atoms with Gasteiger partial charge in [-0.3, -0.25) is 15.1 Å². The van der Waals surface area contributed by atoms with Gasteiger partial charge < -0.3 is 9.84 Å². The molecule has 2 aromatic heterocycles. The van der Waals surface area contributed by atoms with Crippen LogP contribution >= 0.6 is 0 Å². The smallest absolute Gasteiger partial charge is 0.322 e. The molecule has 0 saturated carbocycles. The Hall–Kier alpha value is -2.70. The molecule has 1 aliphatic heterocycles. The number of imide groups is 1. The third-order valence-electron chi connectivity index (χ3n) is 2.56. The van der Waals surface area contributed by atoms with E-state index >= 15 is 0 Å². The molecule has 1 aliphatic rings. The molecule has 90 valence electrons. The van der Waals surface area contributed by atoms with Crippen molar-refractivity contribution >= 4 is 11.9 Å². The molecule has 3 heterocycles. The van der Waals surface area contributed by atoms with E-state index in [0.717, 1.165) is 5.56 Å². The van der Waals surface area contributed by atoms with Crippen molar-refractivity contribution in [1.82, 2.24) is 20.8 Å². The number of pyridine rings is 1. The minimum absolute atomic E-state index is 0.296. The zero-order valence-corrected chi connectivity index (χ0v) is 9.08. The number of carbonyl (C=O) groups is 2. The Morgan fingerprint density at radius 2 is 2.00 bits per heavy atom. The van der Waals surface area contributed by atoms with Gasteiger partial charge in [-0.2, -0.15) is 0 Å². The van der Waals surface area contributed by atoms with Crippen LogP contribution in [0.2, 0.25) is 0 Å². The zero-order valence-electron chi connectivity index (χ0n) is 9.08. The summed E-state index contributed by atoms with van der Waals surface area (Å²) < 4.78 is 5.08. The van der Waals surface area contributed by atoms with E-state index in [2.05, 4.69) is 20.8 Å². The van der Waals surface area contributed by atoms with Crippen molar-refractivity contribution in [3.8, 4) is 11.3 Å². The lowest BCUT2D eigenvalue weighted by atomic mass is 10.1. The average molecular weight is 244 g/mol. The lowest BCUT2D eigenvalue weighted by Crippen LogP contribution is -2.22. The first kappa shape index (κ1) is 10.5. The van der Waals surface area contributed by atoms with Crippen molar-refractivity contribution < 1.29 is 14.1 Å². The van der Waals surface area contributed by atoms with E-state index in [1.807, 2.05) is 0 Å². The van der Waals surface area contributed by atoms with Gasteiger partial charge >= 0.3 is 6.03 Å². The molecule has 18 heavy (non-hydrogen) atoms. The quantitative estimate of drug-likeness (QED) is 0.754. The lowest BCUT2D eigenvalue weighted by Gasteiger charge is -1.99. The molecule has 7 nitrogen and oxygen atoms in total. The summed E-state index contributed by atoms with van der Waals surface area (Å²) in [5, 5.41) is 8.42. The fourth-order valence-electron chi connectivity index (χ4n) is 1.70. The van der Waals surface area contributed by atoms with Crippen LogP contribution in [0.4, 0.5) is 4.79 Å². The monoisotopic (exact) mass is 244 g/mol. The molecule has 1 fully saturated rings. The Morgan fingerprint density at radius 1 is 1.22 bits per heavy atom. The normalized spacial score (nSPS) is 18.6. The molecule has 1 atom stereocenters. The Kier molecular flexibility index (Phi) is 2.30. The molecule has 2 N–H and O–H groups in total. The van der Waals surface area contributed by atoms with E-state index in [9.17, 15) is 9.59 Å². The highest BCUT2D eigenvalue weighted by atomic mass is 16.5. The van der Waals surface area contributed by atoms with E-state index in [1.54, 1.807) is 30.6 Å². The highest BCUT2D eigenvalue weighted by Crippen LogP contribution is 2.23. The predicted octanol–water partition coefficient (Wildman–Crippen LogP) is 0.617. The summed E-state index contributed by atoms with van der Waals surface area (Å²) in [4.78, 5) is 26.3. The minimum atomic E-state index is -0.819. The third kappa shape index (κ3) is 1.71. The minimum Gasteiger partial charge on any atom is -0.358 e. The van der Waals surface area contributed by atoms with Gasteiger partial charge in [0.1, 0.15) is 5.69 Å². The average Bonchev–Trinajstić information content (AvgIpc) is 2.97. The Labute approximate surface area is 101 Å². The molecular formula is C11H8N4O3. The van der Waals surface area contributed by atoms with Crippen LogP contribution in [0.15, 0.2) is 35.1 Å². The molecule has 0 radical (unpaired) electrons. The Bertz CT molecular complexity index is 608. The van der Waals surface area contributed by atoms with E-state index in [4.69, 9.17) is 4.52 Å². The molecule has 0 aliphatic carbocycles. The Morgan fingerprint density at radius 3 is 2.67 bits per heavy atom. The van der Waals surface area contributed by atoms with E-state index in [0.29, 0.717) is 11.5 Å². The van der Waals surface area contributed by atoms with Crippen molar-refractivity contribution in [2.75, 3.05) is 0 Å². The van der Waals surface area contributed by atoms with Crippen LogP contribution in [0.25, 0.3) is 11.3 Å². The number of urea groups is 1. The molecule has 3 rings (SSSR count). The first-order valence-electron chi connectivity index (χ1n) is 5.22. The van der Waals surface area contributed by atoms with Gasteiger partial charge in [0.05, 0.1) is 0 Å². The van der Waals surface area contributed by atoms with Crippen LogP contribution in [0.3, 0.4) is 0 Å². The van der Waals surface area contributed by atoms with Gasteiger partial charge in [0, 0.05) is 24.0 Å². The summed E-state index contributed by atoms with van der Waals surface area (Å²) in [6.07, 6.45) is 3.27. The summed E-state index contributed by atoms with van der Waals surface area (Å²) in [5.41, 5.74) is 1.41. The first-order valence-corrected chi connectivity index (χ1v) is 5.22. The van der Waals surface area contributed by atoms with Crippen molar-refractivity contribution in [2.24, 2.45) is 0 Å². The fraction of sp³-hybridized carbons (Fsp3) is 0.0909. The summed E-state index contributed by atoms with van der Waals surface area (Å²) >= 11 is 0.